The van der Waals surface area contributed by atoms with Crippen molar-refractivity contribution in [1.29, 1.82) is 0 Å². The molecule has 31 heavy (non-hydrogen) atoms. The standard InChI is InChI=1S/C22H22F3N3O3/c1-31-19-8-3-2-7-17(19)28-20(29)14-18(21(28)30)27-11-9-26(10-12-27)16-6-4-5-15(13-16)22(23,24)25/h2-8,13,18H,9-12,14H2,1H3/t18-/m0/s1. The Morgan fingerprint density at radius 2 is 1.68 bits per heavy atom. The summed E-state index contributed by atoms with van der Waals surface area (Å²) in [5, 5.41) is 0. The predicted molar refractivity (Wildman–Crippen MR) is 109 cm³/mol. The van der Waals surface area contributed by atoms with E-state index < -0.39 is 17.8 Å². The lowest BCUT2D eigenvalue weighted by atomic mass is 10.1. The van der Waals surface area contributed by atoms with E-state index in [0.29, 0.717) is 43.3 Å². The summed E-state index contributed by atoms with van der Waals surface area (Å²) in [5.74, 6) is -0.152. The smallest absolute Gasteiger partial charge is 0.416 e. The molecule has 6 nitrogen and oxygen atoms in total. The van der Waals surface area contributed by atoms with Gasteiger partial charge >= 0.3 is 6.18 Å². The summed E-state index contributed by atoms with van der Waals surface area (Å²) in [6.45, 7) is 1.88. The monoisotopic (exact) mass is 433 g/mol. The minimum absolute atomic E-state index is 0.0699. The molecule has 0 spiro atoms. The van der Waals surface area contributed by atoms with Crippen LogP contribution in [-0.4, -0.2) is 56.0 Å². The van der Waals surface area contributed by atoms with Crippen molar-refractivity contribution >= 4 is 23.2 Å². The lowest BCUT2D eigenvalue weighted by Crippen LogP contribution is -2.52. The Kier molecular flexibility index (Phi) is 5.62. The maximum Gasteiger partial charge on any atom is 0.416 e. The number of rotatable bonds is 4. The molecule has 1 atom stereocenters. The molecular formula is C22H22F3N3O3. The number of hydrogen-bond acceptors (Lipinski definition) is 5. The number of para-hydroxylation sites is 2. The fourth-order valence-electron chi connectivity index (χ4n) is 4.14. The summed E-state index contributed by atoms with van der Waals surface area (Å²) >= 11 is 0. The molecule has 0 N–H and O–H groups in total. The lowest BCUT2D eigenvalue weighted by molar-refractivity contribution is -0.137. The first kappa shape index (κ1) is 21.2. The molecule has 0 aliphatic carbocycles. The highest BCUT2D eigenvalue weighted by molar-refractivity contribution is 6.23. The molecule has 2 aromatic rings. The Labute approximate surface area is 177 Å². The molecular weight excluding hydrogens is 411 g/mol. The molecule has 9 heteroatoms. The molecule has 4 rings (SSSR count). The first-order valence-electron chi connectivity index (χ1n) is 9.95. The number of benzene rings is 2. The molecule has 2 saturated heterocycles. The van der Waals surface area contributed by atoms with Crippen molar-refractivity contribution < 1.29 is 27.5 Å². The van der Waals surface area contributed by atoms with E-state index >= 15 is 0 Å². The van der Waals surface area contributed by atoms with Gasteiger partial charge in [-0.05, 0) is 30.3 Å². The number of alkyl halides is 3. The number of ether oxygens (including phenoxy) is 1. The van der Waals surface area contributed by atoms with Crippen molar-refractivity contribution in [2.24, 2.45) is 0 Å². The second-order valence-corrected chi connectivity index (χ2v) is 7.53. The van der Waals surface area contributed by atoms with Crippen LogP contribution < -0.4 is 14.5 Å². The van der Waals surface area contributed by atoms with Gasteiger partial charge < -0.3 is 9.64 Å². The Hall–Kier alpha value is -3.07. The van der Waals surface area contributed by atoms with Crippen LogP contribution in [0.15, 0.2) is 48.5 Å². The Bertz CT molecular complexity index is 987. The fraction of sp³-hybridized carbons (Fsp3) is 0.364. The minimum atomic E-state index is -4.39. The maximum atomic E-state index is 13.1. The number of methoxy groups -OCH3 is 1. The topological polar surface area (TPSA) is 53.1 Å². The van der Waals surface area contributed by atoms with Crippen molar-refractivity contribution in [2.45, 2.75) is 18.6 Å². The summed E-state index contributed by atoms with van der Waals surface area (Å²) in [5.41, 5.74) is 0.237. The van der Waals surface area contributed by atoms with Crippen LogP contribution in [0.3, 0.4) is 0 Å². The number of carbonyl (C=O) groups excluding carboxylic acids is 2. The Morgan fingerprint density at radius 3 is 2.35 bits per heavy atom. The van der Waals surface area contributed by atoms with Gasteiger partial charge in [0, 0.05) is 31.9 Å². The number of anilines is 2. The van der Waals surface area contributed by atoms with Crippen molar-refractivity contribution in [2.75, 3.05) is 43.1 Å². The SMILES string of the molecule is COc1ccccc1N1C(=O)C[C@H](N2CCN(c3cccc(C(F)(F)F)c3)CC2)C1=O. The third-order valence-electron chi connectivity index (χ3n) is 5.74. The van der Waals surface area contributed by atoms with Gasteiger partial charge in [0.1, 0.15) is 5.75 Å². The summed E-state index contributed by atoms with van der Waals surface area (Å²) in [7, 11) is 1.48. The third-order valence-corrected chi connectivity index (χ3v) is 5.74. The predicted octanol–water partition coefficient (Wildman–Crippen LogP) is 3.17. The molecule has 2 heterocycles. The Balaban J connectivity index is 1.45. The highest BCUT2D eigenvalue weighted by Gasteiger charge is 2.44. The van der Waals surface area contributed by atoms with Crippen LogP contribution in [0.5, 0.6) is 5.75 Å². The van der Waals surface area contributed by atoms with E-state index in [1.165, 1.54) is 18.1 Å². The van der Waals surface area contributed by atoms with Crippen LogP contribution in [0, 0.1) is 0 Å². The van der Waals surface area contributed by atoms with Crippen molar-refractivity contribution in [3.8, 4) is 5.75 Å². The van der Waals surface area contributed by atoms with E-state index in [4.69, 9.17) is 4.74 Å². The van der Waals surface area contributed by atoms with Gasteiger partial charge in [0.05, 0.1) is 30.8 Å². The van der Waals surface area contributed by atoms with Crippen LogP contribution in [0.25, 0.3) is 0 Å². The summed E-state index contributed by atoms with van der Waals surface area (Å²) in [6.07, 6.45) is -4.32. The van der Waals surface area contributed by atoms with Crippen molar-refractivity contribution in [3.05, 3.63) is 54.1 Å². The van der Waals surface area contributed by atoms with E-state index in [0.717, 1.165) is 12.1 Å². The number of carbonyl (C=O) groups is 2. The highest BCUT2D eigenvalue weighted by atomic mass is 19.4. The molecule has 0 aromatic heterocycles. The van der Waals surface area contributed by atoms with Gasteiger partial charge in [-0.3, -0.25) is 14.5 Å². The summed E-state index contributed by atoms with van der Waals surface area (Å²) in [4.78, 5) is 30.7. The molecule has 2 aliphatic heterocycles. The van der Waals surface area contributed by atoms with Gasteiger partial charge in [0.15, 0.2) is 0 Å². The zero-order chi connectivity index (χ0) is 22.2. The van der Waals surface area contributed by atoms with Gasteiger partial charge in [-0.1, -0.05) is 18.2 Å². The quantitative estimate of drug-likeness (QED) is 0.694. The number of hydrogen-bond donors (Lipinski definition) is 0. The zero-order valence-electron chi connectivity index (χ0n) is 16.9. The average Bonchev–Trinajstić information content (AvgIpc) is 3.07. The van der Waals surface area contributed by atoms with E-state index in [-0.39, 0.29) is 18.2 Å². The average molecular weight is 433 g/mol. The second kappa shape index (κ2) is 8.22. The largest absolute Gasteiger partial charge is 0.495 e. The number of piperazine rings is 1. The molecule has 164 valence electrons. The maximum absolute atomic E-state index is 13.1. The zero-order valence-corrected chi connectivity index (χ0v) is 16.9. The molecule has 2 amide bonds. The minimum Gasteiger partial charge on any atom is -0.495 e. The number of halogens is 3. The molecule has 0 bridgehead atoms. The number of amides is 2. The van der Waals surface area contributed by atoms with Gasteiger partial charge in [-0.2, -0.15) is 13.2 Å². The molecule has 2 aliphatic rings. The van der Waals surface area contributed by atoms with Crippen LogP contribution >= 0.6 is 0 Å². The molecule has 0 unspecified atom stereocenters. The first-order chi connectivity index (χ1) is 14.8. The van der Waals surface area contributed by atoms with Gasteiger partial charge in [-0.25, -0.2) is 4.90 Å². The van der Waals surface area contributed by atoms with Crippen LogP contribution in [0.2, 0.25) is 0 Å². The third kappa shape index (κ3) is 4.10. The molecule has 2 fully saturated rings. The second-order valence-electron chi connectivity index (χ2n) is 7.53. The van der Waals surface area contributed by atoms with Crippen LogP contribution in [-0.2, 0) is 15.8 Å². The summed E-state index contributed by atoms with van der Waals surface area (Å²) < 4.78 is 44.3. The van der Waals surface area contributed by atoms with Crippen molar-refractivity contribution in [3.63, 3.8) is 0 Å². The summed E-state index contributed by atoms with van der Waals surface area (Å²) in [6, 6.07) is 11.5. The molecule has 0 radical (unpaired) electrons. The Morgan fingerprint density at radius 1 is 0.968 bits per heavy atom. The van der Waals surface area contributed by atoms with Crippen molar-refractivity contribution in [1.82, 2.24) is 4.90 Å². The van der Waals surface area contributed by atoms with Crippen LogP contribution in [0.1, 0.15) is 12.0 Å². The normalized spacial score (nSPS) is 20.5. The van der Waals surface area contributed by atoms with E-state index in [2.05, 4.69) is 0 Å². The van der Waals surface area contributed by atoms with Gasteiger partial charge in [0.2, 0.25) is 5.91 Å². The lowest BCUT2D eigenvalue weighted by Gasteiger charge is -2.38. The fourth-order valence-corrected chi connectivity index (χ4v) is 4.14. The van der Waals surface area contributed by atoms with E-state index in [1.54, 1.807) is 30.3 Å². The molecule has 2 aromatic carbocycles. The van der Waals surface area contributed by atoms with Gasteiger partial charge in [-0.15, -0.1) is 0 Å². The highest BCUT2D eigenvalue weighted by Crippen LogP contribution is 2.34. The van der Waals surface area contributed by atoms with E-state index in [9.17, 15) is 22.8 Å². The van der Waals surface area contributed by atoms with E-state index in [1.807, 2.05) is 9.80 Å². The van der Waals surface area contributed by atoms with Gasteiger partial charge in [0.25, 0.3) is 5.91 Å². The van der Waals surface area contributed by atoms with Crippen LogP contribution in [0.4, 0.5) is 24.5 Å². The molecule has 0 saturated carbocycles. The first-order valence-corrected chi connectivity index (χ1v) is 9.95. The number of nitrogens with zero attached hydrogens (tertiary/aromatic N) is 3. The number of imide groups is 1.